The van der Waals surface area contributed by atoms with Crippen LogP contribution in [-0.4, -0.2) is 15.8 Å². The number of fused-ring (bicyclic) bond motifs is 1. The zero-order valence-corrected chi connectivity index (χ0v) is 12.9. The first-order valence-corrected chi connectivity index (χ1v) is 7.68. The molecule has 0 atom stereocenters. The van der Waals surface area contributed by atoms with Gasteiger partial charge in [0.1, 0.15) is 11.3 Å². The maximum absolute atomic E-state index is 13.5. The number of hydrogen-bond acceptors (Lipinski definition) is 6. The minimum absolute atomic E-state index is 0.00665. The van der Waals surface area contributed by atoms with Gasteiger partial charge in [-0.05, 0) is 11.6 Å². The average molecular weight is 347 g/mol. The molecule has 0 aliphatic heterocycles. The standard InChI is InChI=1S/C15H10FN3O4S/c16-9-5-11(14(17)20)13-12(6-9)18-15(23-13)24-7-8-1-3-10(4-2-8)19(21)22/h1-6H,7H2,(H2,17,20). The molecule has 1 amide bonds. The van der Waals surface area contributed by atoms with E-state index in [1.165, 1.54) is 23.9 Å². The van der Waals surface area contributed by atoms with Crippen LogP contribution in [-0.2, 0) is 5.75 Å². The number of benzene rings is 2. The highest BCUT2D eigenvalue weighted by atomic mass is 32.2. The van der Waals surface area contributed by atoms with Crippen molar-refractivity contribution in [2.75, 3.05) is 0 Å². The lowest BCUT2D eigenvalue weighted by Gasteiger charge is -1.98. The van der Waals surface area contributed by atoms with Crippen molar-refractivity contribution in [3.63, 3.8) is 0 Å². The molecule has 2 aromatic carbocycles. The molecule has 0 fully saturated rings. The molecule has 1 aromatic heterocycles. The molecule has 122 valence electrons. The molecule has 0 bridgehead atoms. The third-order valence-corrected chi connectivity index (χ3v) is 4.11. The second-order valence-electron chi connectivity index (χ2n) is 4.86. The number of aromatic nitrogens is 1. The average Bonchev–Trinajstić information content (AvgIpc) is 2.95. The predicted molar refractivity (Wildman–Crippen MR) is 85.1 cm³/mol. The van der Waals surface area contributed by atoms with Crippen LogP contribution in [0.1, 0.15) is 15.9 Å². The first kappa shape index (κ1) is 15.9. The van der Waals surface area contributed by atoms with Crippen molar-refractivity contribution >= 4 is 34.5 Å². The number of non-ortho nitro benzene ring substituents is 1. The number of rotatable bonds is 5. The molecule has 0 radical (unpaired) electrons. The van der Waals surface area contributed by atoms with E-state index in [1.54, 1.807) is 12.1 Å². The Morgan fingerprint density at radius 3 is 2.67 bits per heavy atom. The van der Waals surface area contributed by atoms with Gasteiger partial charge in [-0.1, -0.05) is 23.9 Å². The summed E-state index contributed by atoms with van der Waals surface area (Å²) in [6, 6.07) is 8.22. The van der Waals surface area contributed by atoms with E-state index in [1.807, 2.05) is 0 Å². The van der Waals surface area contributed by atoms with E-state index in [9.17, 15) is 19.3 Å². The highest BCUT2D eigenvalue weighted by molar-refractivity contribution is 7.98. The lowest BCUT2D eigenvalue weighted by Crippen LogP contribution is -2.11. The van der Waals surface area contributed by atoms with Crippen LogP contribution in [0.5, 0.6) is 0 Å². The molecule has 0 unspecified atom stereocenters. The second kappa shape index (κ2) is 6.28. The smallest absolute Gasteiger partial charge is 0.269 e. The number of oxazole rings is 1. The van der Waals surface area contributed by atoms with Crippen LogP contribution >= 0.6 is 11.8 Å². The molecule has 0 saturated carbocycles. The van der Waals surface area contributed by atoms with Crippen LogP contribution in [0.15, 0.2) is 46.0 Å². The van der Waals surface area contributed by atoms with Crippen molar-refractivity contribution in [3.8, 4) is 0 Å². The zero-order valence-electron chi connectivity index (χ0n) is 12.1. The summed E-state index contributed by atoms with van der Waals surface area (Å²) in [7, 11) is 0. The van der Waals surface area contributed by atoms with Crippen molar-refractivity contribution in [2.24, 2.45) is 5.73 Å². The molecule has 9 heteroatoms. The molecule has 3 rings (SSSR count). The molecule has 24 heavy (non-hydrogen) atoms. The van der Waals surface area contributed by atoms with Crippen LogP contribution in [0, 0.1) is 15.9 Å². The monoisotopic (exact) mass is 347 g/mol. The Bertz CT molecular complexity index is 940. The molecule has 0 aliphatic rings. The SMILES string of the molecule is NC(=O)c1cc(F)cc2nc(SCc3ccc([N+](=O)[O-])cc3)oc12. The number of carbonyl (C=O) groups excluding carboxylic acids is 1. The van der Waals surface area contributed by atoms with Gasteiger partial charge in [-0.2, -0.15) is 0 Å². The van der Waals surface area contributed by atoms with E-state index in [-0.39, 0.29) is 27.6 Å². The van der Waals surface area contributed by atoms with Gasteiger partial charge in [0.05, 0.1) is 10.5 Å². The maximum atomic E-state index is 13.5. The number of amides is 1. The fourth-order valence-corrected chi connectivity index (χ4v) is 2.87. The molecule has 3 aromatic rings. The summed E-state index contributed by atoms with van der Waals surface area (Å²) in [5, 5.41) is 10.9. The fourth-order valence-electron chi connectivity index (χ4n) is 2.08. The lowest BCUT2D eigenvalue weighted by atomic mass is 10.2. The molecular formula is C15H10FN3O4S. The number of primary amides is 1. The fraction of sp³-hybridized carbons (Fsp3) is 0.0667. The van der Waals surface area contributed by atoms with Crippen LogP contribution in [0.4, 0.5) is 10.1 Å². The number of nitrogens with two attached hydrogens (primary N) is 1. The summed E-state index contributed by atoms with van der Waals surface area (Å²) < 4.78 is 18.9. The minimum Gasteiger partial charge on any atom is -0.430 e. The van der Waals surface area contributed by atoms with E-state index < -0.39 is 16.6 Å². The summed E-state index contributed by atoms with van der Waals surface area (Å²) >= 11 is 1.22. The van der Waals surface area contributed by atoms with Crippen LogP contribution in [0.3, 0.4) is 0 Å². The van der Waals surface area contributed by atoms with E-state index in [4.69, 9.17) is 10.2 Å². The molecule has 0 saturated heterocycles. The normalized spacial score (nSPS) is 10.9. The molecule has 7 nitrogen and oxygen atoms in total. The highest BCUT2D eigenvalue weighted by Crippen LogP contribution is 2.29. The van der Waals surface area contributed by atoms with Crippen molar-refractivity contribution in [3.05, 3.63) is 63.5 Å². The summed E-state index contributed by atoms with van der Waals surface area (Å²) in [5.74, 6) is -0.988. The highest BCUT2D eigenvalue weighted by Gasteiger charge is 2.16. The van der Waals surface area contributed by atoms with Crippen molar-refractivity contribution < 1.29 is 18.5 Å². The van der Waals surface area contributed by atoms with Gasteiger partial charge < -0.3 is 10.2 Å². The third-order valence-electron chi connectivity index (χ3n) is 3.21. The molecule has 0 aliphatic carbocycles. The number of hydrogen-bond donors (Lipinski definition) is 1. The Morgan fingerprint density at radius 2 is 2.04 bits per heavy atom. The molecule has 0 spiro atoms. The Kier molecular flexibility index (Phi) is 4.17. The Morgan fingerprint density at radius 1 is 1.33 bits per heavy atom. The maximum Gasteiger partial charge on any atom is 0.269 e. The Balaban J connectivity index is 1.81. The van der Waals surface area contributed by atoms with Gasteiger partial charge in [0.25, 0.3) is 16.8 Å². The van der Waals surface area contributed by atoms with E-state index >= 15 is 0 Å². The number of nitro groups is 1. The van der Waals surface area contributed by atoms with Gasteiger partial charge in [-0.15, -0.1) is 0 Å². The first-order valence-electron chi connectivity index (χ1n) is 6.70. The minimum atomic E-state index is -0.803. The molecule has 2 N–H and O–H groups in total. The largest absolute Gasteiger partial charge is 0.430 e. The van der Waals surface area contributed by atoms with Gasteiger partial charge in [-0.3, -0.25) is 14.9 Å². The van der Waals surface area contributed by atoms with Crippen LogP contribution in [0.25, 0.3) is 11.1 Å². The van der Waals surface area contributed by atoms with Crippen LogP contribution < -0.4 is 5.73 Å². The summed E-state index contributed by atoms with van der Waals surface area (Å²) in [6.45, 7) is 0. The number of halogens is 1. The van der Waals surface area contributed by atoms with Gasteiger partial charge in [-0.25, -0.2) is 9.37 Å². The third kappa shape index (κ3) is 3.20. The van der Waals surface area contributed by atoms with Crippen LogP contribution in [0.2, 0.25) is 0 Å². The predicted octanol–water partition coefficient (Wildman–Crippen LogP) is 3.27. The summed E-state index contributed by atoms with van der Waals surface area (Å²) in [5.41, 5.74) is 6.31. The summed E-state index contributed by atoms with van der Waals surface area (Å²) in [4.78, 5) is 25.6. The lowest BCUT2D eigenvalue weighted by molar-refractivity contribution is -0.384. The number of nitrogens with zero attached hydrogens (tertiary/aromatic N) is 2. The zero-order chi connectivity index (χ0) is 17.3. The van der Waals surface area contributed by atoms with Gasteiger partial charge in [0.2, 0.25) is 0 Å². The van der Waals surface area contributed by atoms with Gasteiger partial charge in [0, 0.05) is 24.0 Å². The van der Waals surface area contributed by atoms with E-state index in [0.29, 0.717) is 5.75 Å². The summed E-state index contributed by atoms with van der Waals surface area (Å²) in [6.07, 6.45) is 0. The number of carbonyl (C=O) groups is 1. The topological polar surface area (TPSA) is 112 Å². The van der Waals surface area contributed by atoms with Crippen molar-refractivity contribution in [1.29, 1.82) is 0 Å². The quantitative estimate of drug-likeness (QED) is 0.430. The van der Waals surface area contributed by atoms with Gasteiger partial charge >= 0.3 is 0 Å². The first-order chi connectivity index (χ1) is 11.4. The Hall–Kier alpha value is -2.94. The molecular weight excluding hydrogens is 337 g/mol. The molecule has 1 heterocycles. The van der Waals surface area contributed by atoms with Gasteiger partial charge in [0.15, 0.2) is 5.58 Å². The van der Waals surface area contributed by atoms with Crippen molar-refractivity contribution in [1.82, 2.24) is 4.98 Å². The number of nitro benzene ring substituents is 1. The van der Waals surface area contributed by atoms with E-state index in [2.05, 4.69) is 4.98 Å². The van der Waals surface area contributed by atoms with Crippen molar-refractivity contribution in [2.45, 2.75) is 11.0 Å². The number of thioether (sulfide) groups is 1. The Labute approximate surface area is 138 Å². The van der Waals surface area contributed by atoms with E-state index in [0.717, 1.165) is 17.7 Å². The second-order valence-corrected chi connectivity index (χ2v) is 5.78.